The molecule has 0 atom stereocenters. The average Bonchev–Trinajstić information content (AvgIpc) is 2.67. The van der Waals surface area contributed by atoms with Gasteiger partial charge in [-0.3, -0.25) is 9.59 Å². The van der Waals surface area contributed by atoms with Gasteiger partial charge in [0.25, 0.3) is 5.91 Å². The van der Waals surface area contributed by atoms with Crippen LogP contribution in [0.5, 0.6) is 0 Å². The summed E-state index contributed by atoms with van der Waals surface area (Å²) in [4.78, 5) is 38.7. The van der Waals surface area contributed by atoms with E-state index >= 15 is 0 Å². The lowest BCUT2D eigenvalue weighted by molar-refractivity contribution is -0.124. The van der Waals surface area contributed by atoms with Crippen molar-refractivity contribution in [2.75, 3.05) is 13.2 Å². The lowest BCUT2D eigenvalue weighted by Gasteiger charge is -2.07. The van der Waals surface area contributed by atoms with Crippen LogP contribution in [-0.4, -0.2) is 30.0 Å². The number of carbonyl (C=O) groups is 2. The predicted molar refractivity (Wildman–Crippen MR) is 98.0 cm³/mol. The minimum atomic E-state index is -0.786. The number of pyridine rings is 1. The number of H-pyrrole nitrogens is 1. The number of ether oxygens (including phenoxy) is 1. The lowest BCUT2D eigenvalue weighted by Crippen LogP contribution is -2.30. The summed E-state index contributed by atoms with van der Waals surface area (Å²) in [5.74, 6) is -1.57. The van der Waals surface area contributed by atoms with Crippen molar-refractivity contribution in [3.05, 3.63) is 81.9 Å². The molecule has 27 heavy (non-hydrogen) atoms. The van der Waals surface area contributed by atoms with E-state index in [4.69, 9.17) is 4.74 Å². The quantitative estimate of drug-likeness (QED) is 0.653. The van der Waals surface area contributed by atoms with Crippen LogP contribution in [0.3, 0.4) is 0 Å². The highest BCUT2D eigenvalue weighted by Crippen LogP contribution is 2.08. The molecule has 1 heterocycles. The molecule has 2 aromatic carbocycles. The van der Waals surface area contributed by atoms with Crippen molar-refractivity contribution in [1.29, 1.82) is 0 Å². The number of nitrogens with one attached hydrogen (secondary N) is 2. The van der Waals surface area contributed by atoms with E-state index in [0.29, 0.717) is 23.9 Å². The number of rotatable bonds is 6. The van der Waals surface area contributed by atoms with Gasteiger partial charge in [0, 0.05) is 23.5 Å². The van der Waals surface area contributed by atoms with Crippen molar-refractivity contribution in [2.45, 2.75) is 6.42 Å². The molecular formula is C20H17FN2O4. The Bertz CT molecular complexity index is 1030. The topological polar surface area (TPSA) is 88.3 Å². The van der Waals surface area contributed by atoms with Gasteiger partial charge in [0.2, 0.25) is 0 Å². The summed E-state index contributed by atoms with van der Waals surface area (Å²) in [6.07, 6.45) is 0.526. The fourth-order valence-electron chi connectivity index (χ4n) is 2.56. The molecule has 0 aliphatic rings. The maximum atomic E-state index is 12.8. The number of esters is 1. The van der Waals surface area contributed by atoms with Gasteiger partial charge >= 0.3 is 5.97 Å². The summed E-state index contributed by atoms with van der Waals surface area (Å²) >= 11 is 0. The second kappa shape index (κ2) is 8.27. The number of carbonyl (C=O) groups excluding carboxylic acids is 2. The first-order valence-corrected chi connectivity index (χ1v) is 8.33. The van der Waals surface area contributed by atoms with Crippen LogP contribution in [0, 0.1) is 5.82 Å². The van der Waals surface area contributed by atoms with Crippen LogP contribution in [-0.2, 0) is 16.0 Å². The van der Waals surface area contributed by atoms with Gasteiger partial charge < -0.3 is 15.0 Å². The summed E-state index contributed by atoms with van der Waals surface area (Å²) in [5.41, 5.74) is 1.07. The zero-order valence-electron chi connectivity index (χ0n) is 14.3. The largest absolute Gasteiger partial charge is 0.451 e. The number of benzene rings is 2. The zero-order valence-corrected chi connectivity index (χ0v) is 14.3. The summed E-state index contributed by atoms with van der Waals surface area (Å²) in [6.45, 7) is -0.133. The highest BCUT2D eigenvalue weighted by Gasteiger charge is 2.13. The Morgan fingerprint density at radius 2 is 1.81 bits per heavy atom. The van der Waals surface area contributed by atoms with E-state index in [9.17, 15) is 18.8 Å². The number of amides is 1. The fourth-order valence-corrected chi connectivity index (χ4v) is 2.56. The maximum absolute atomic E-state index is 12.8. The van der Waals surface area contributed by atoms with Gasteiger partial charge in [0.05, 0.1) is 0 Å². The number of aromatic amines is 1. The molecule has 0 saturated carbocycles. The molecule has 3 rings (SSSR count). The number of para-hydroxylation sites is 1. The molecule has 0 radical (unpaired) electrons. The van der Waals surface area contributed by atoms with E-state index in [0.717, 1.165) is 11.6 Å². The Labute approximate surface area is 154 Å². The van der Waals surface area contributed by atoms with E-state index in [1.165, 1.54) is 12.1 Å². The minimum Gasteiger partial charge on any atom is -0.451 e. The fraction of sp³-hybridized carbons (Fsp3) is 0.150. The van der Waals surface area contributed by atoms with Gasteiger partial charge in [0.15, 0.2) is 12.0 Å². The standard InChI is InChI=1S/C20H17FN2O4/c21-14-7-5-13(6-8-14)9-10-22-19(25)12-27-20(26)17-11-18(24)15-3-1-2-4-16(15)23-17/h1-8,11H,9-10,12H2,(H,22,25)(H,23,24). The Hall–Kier alpha value is -3.48. The molecule has 0 aliphatic carbocycles. The van der Waals surface area contributed by atoms with Crippen LogP contribution in [0.1, 0.15) is 16.1 Å². The second-order valence-electron chi connectivity index (χ2n) is 5.90. The van der Waals surface area contributed by atoms with Crippen molar-refractivity contribution in [3.63, 3.8) is 0 Å². The molecule has 3 aromatic rings. The van der Waals surface area contributed by atoms with E-state index in [1.807, 2.05) is 0 Å². The van der Waals surface area contributed by atoms with Crippen molar-refractivity contribution in [3.8, 4) is 0 Å². The number of fused-ring (bicyclic) bond motifs is 1. The molecule has 0 unspecified atom stereocenters. The van der Waals surface area contributed by atoms with Crippen molar-refractivity contribution >= 4 is 22.8 Å². The molecule has 0 saturated heterocycles. The highest BCUT2D eigenvalue weighted by molar-refractivity contribution is 5.92. The zero-order chi connectivity index (χ0) is 19.2. The van der Waals surface area contributed by atoms with E-state index in [1.54, 1.807) is 36.4 Å². The third-order valence-electron chi connectivity index (χ3n) is 3.94. The summed E-state index contributed by atoms with van der Waals surface area (Å²) < 4.78 is 17.8. The Morgan fingerprint density at radius 1 is 1.07 bits per heavy atom. The van der Waals surface area contributed by atoms with E-state index in [2.05, 4.69) is 10.3 Å². The highest BCUT2D eigenvalue weighted by atomic mass is 19.1. The Morgan fingerprint density at radius 3 is 2.59 bits per heavy atom. The molecule has 138 valence electrons. The SMILES string of the molecule is O=C(COC(=O)c1cc(=O)c2ccccc2[nH]1)NCCc1ccc(F)cc1. The van der Waals surface area contributed by atoms with Crippen LogP contribution in [0.25, 0.3) is 10.9 Å². The third-order valence-corrected chi connectivity index (χ3v) is 3.94. The first kappa shape index (κ1) is 18.3. The monoisotopic (exact) mass is 368 g/mol. The lowest BCUT2D eigenvalue weighted by atomic mass is 10.1. The van der Waals surface area contributed by atoms with Crippen LogP contribution in [0.2, 0.25) is 0 Å². The summed E-state index contributed by atoms with van der Waals surface area (Å²) in [7, 11) is 0. The first-order chi connectivity index (χ1) is 13.0. The molecule has 0 aliphatic heterocycles. The number of hydrogen-bond acceptors (Lipinski definition) is 4. The number of hydrogen-bond donors (Lipinski definition) is 2. The van der Waals surface area contributed by atoms with Crippen LogP contribution in [0.15, 0.2) is 59.4 Å². The normalized spacial score (nSPS) is 10.6. The third kappa shape index (κ3) is 4.78. The molecule has 1 amide bonds. The molecule has 0 fully saturated rings. The van der Waals surface area contributed by atoms with Gasteiger partial charge in [-0.2, -0.15) is 0 Å². The Balaban J connectivity index is 1.50. The average molecular weight is 368 g/mol. The molecule has 2 N–H and O–H groups in total. The van der Waals surface area contributed by atoms with E-state index < -0.39 is 18.5 Å². The molecule has 1 aromatic heterocycles. The van der Waals surface area contributed by atoms with Gasteiger partial charge in [-0.15, -0.1) is 0 Å². The smallest absolute Gasteiger partial charge is 0.355 e. The van der Waals surface area contributed by atoms with Crippen LogP contribution >= 0.6 is 0 Å². The molecule has 0 bridgehead atoms. The van der Waals surface area contributed by atoms with Crippen LogP contribution in [0.4, 0.5) is 4.39 Å². The molecule has 0 spiro atoms. The van der Waals surface area contributed by atoms with Crippen molar-refractivity contribution in [2.24, 2.45) is 0 Å². The van der Waals surface area contributed by atoms with Crippen molar-refractivity contribution < 1.29 is 18.7 Å². The molecular weight excluding hydrogens is 351 g/mol. The van der Waals surface area contributed by atoms with Gasteiger partial charge in [-0.05, 0) is 36.2 Å². The van der Waals surface area contributed by atoms with Gasteiger partial charge in [-0.1, -0.05) is 24.3 Å². The van der Waals surface area contributed by atoms with Crippen molar-refractivity contribution in [1.82, 2.24) is 10.3 Å². The summed E-state index contributed by atoms with van der Waals surface area (Å²) in [6, 6.07) is 13.9. The van der Waals surface area contributed by atoms with E-state index in [-0.39, 0.29) is 16.9 Å². The Kier molecular flexibility index (Phi) is 5.61. The van der Waals surface area contributed by atoms with Crippen LogP contribution < -0.4 is 10.7 Å². The molecule has 7 heteroatoms. The minimum absolute atomic E-state index is 0.0159. The van der Waals surface area contributed by atoms with Gasteiger partial charge in [-0.25, -0.2) is 9.18 Å². The van der Waals surface area contributed by atoms with Gasteiger partial charge in [0.1, 0.15) is 11.5 Å². The number of halogens is 1. The predicted octanol–water partition coefficient (Wildman–Crippen LogP) is 2.18. The summed E-state index contributed by atoms with van der Waals surface area (Å²) in [5, 5.41) is 3.08. The first-order valence-electron chi connectivity index (χ1n) is 8.33. The maximum Gasteiger partial charge on any atom is 0.355 e. The number of aromatic nitrogens is 1. The second-order valence-corrected chi connectivity index (χ2v) is 5.90. The molecule has 6 nitrogen and oxygen atoms in total.